The summed E-state index contributed by atoms with van der Waals surface area (Å²) in [6.07, 6.45) is 0.830. The van der Waals surface area contributed by atoms with Crippen molar-refractivity contribution in [1.82, 2.24) is 5.32 Å². The fourth-order valence-corrected chi connectivity index (χ4v) is 2.26. The monoisotopic (exact) mass is 284 g/mol. The molecule has 1 aromatic carbocycles. The molecule has 0 aliphatic carbocycles. The van der Waals surface area contributed by atoms with E-state index in [0.717, 1.165) is 26.6 Å². The van der Waals surface area contributed by atoms with E-state index < -0.39 is 17.6 Å². The first-order valence-electron chi connectivity index (χ1n) is 6.63. The maximum Gasteiger partial charge on any atom is 0.340 e. The van der Waals surface area contributed by atoms with Crippen molar-refractivity contribution < 1.29 is 18.3 Å². The van der Waals surface area contributed by atoms with Gasteiger partial charge < -0.3 is 15.0 Å². The molecule has 1 aliphatic heterocycles. The lowest BCUT2D eigenvalue weighted by molar-refractivity contribution is 0.0594. The van der Waals surface area contributed by atoms with Gasteiger partial charge in [0, 0.05) is 19.6 Å². The van der Waals surface area contributed by atoms with Gasteiger partial charge >= 0.3 is 5.97 Å². The predicted molar refractivity (Wildman–Crippen MR) is 72.0 cm³/mol. The molecular formula is C14H18F2N2O2. The molecule has 6 heteroatoms. The van der Waals surface area contributed by atoms with Crippen molar-refractivity contribution in [3.8, 4) is 0 Å². The number of anilines is 1. The van der Waals surface area contributed by atoms with Crippen LogP contribution in [0.4, 0.5) is 14.5 Å². The SMILES string of the molecule is CCCN(c1ccc(C(=O)OC)c(F)c1F)C1CNC1. The van der Waals surface area contributed by atoms with E-state index >= 15 is 0 Å². The summed E-state index contributed by atoms with van der Waals surface area (Å²) in [5, 5.41) is 3.11. The molecule has 1 aliphatic rings. The second-order valence-corrected chi connectivity index (χ2v) is 4.76. The summed E-state index contributed by atoms with van der Waals surface area (Å²) in [5.74, 6) is -3.02. The minimum absolute atomic E-state index is 0.160. The lowest BCUT2D eigenvalue weighted by Crippen LogP contribution is -2.57. The number of carbonyl (C=O) groups is 1. The van der Waals surface area contributed by atoms with Crippen LogP contribution in [0.5, 0.6) is 0 Å². The van der Waals surface area contributed by atoms with Gasteiger partial charge in [0.25, 0.3) is 0 Å². The highest BCUT2D eigenvalue weighted by atomic mass is 19.2. The molecule has 0 radical (unpaired) electrons. The van der Waals surface area contributed by atoms with Gasteiger partial charge in [-0.2, -0.15) is 0 Å². The maximum atomic E-state index is 14.2. The molecule has 0 bridgehead atoms. The highest BCUT2D eigenvalue weighted by Gasteiger charge is 2.28. The molecule has 110 valence electrons. The number of esters is 1. The zero-order valence-electron chi connectivity index (χ0n) is 11.6. The molecule has 0 saturated carbocycles. The standard InChI is InChI=1S/C14H18F2N2O2/c1-3-6-18(9-7-17-8-9)11-5-4-10(14(19)20-2)12(15)13(11)16/h4-5,9,17H,3,6-8H2,1-2H3. The number of benzene rings is 1. The zero-order valence-corrected chi connectivity index (χ0v) is 11.6. The Morgan fingerprint density at radius 3 is 2.60 bits per heavy atom. The quantitative estimate of drug-likeness (QED) is 0.839. The smallest absolute Gasteiger partial charge is 0.340 e. The van der Waals surface area contributed by atoms with Crippen LogP contribution in [0.1, 0.15) is 23.7 Å². The van der Waals surface area contributed by atoms with Crippen LogP contribution in [0.3, 0.4) is 0 Å². The van der Waals surface area contributed by atoms with E-state index in [0.29, 0.717) is 6.54 Å². The number of rotatable bonds is 5. The van der Waals surface area contributed by atoms with E-state index in [4.69, 9.17) is 0 Å². The second-order valence-electron chi connectivity index (χ2n) is 4.76. The summed E-state index contributed by atoms with van der Waals surface area (Å²) < 4.78 is 32.6. The van der Waals surface area contributed by atoms with Crippen LogP contribution in [0, 0.1) is 11.6 Å². The first-order chi connectivity index (χ1) is 9.60. The Hall–Kier alpha value is -1.69. The van der Waals surface area contributed by atoms with E-state index in [2.05, 4.69) is 10.1 Å². The normalized spacial score (nSPS) is 14.8. The molecule has 1 aromatic rings. The molecule has 0 atom stereocenters. The van der Waals surface area contributed by atoms with Crippen LogP contribution < -0.4 is 10.2 Å². The van der Waals surface area contributed by atoms with Crippen LogP contribution in [0.15, 0.2) is 12.1 Å². The van der Waals surface area contributed by atoms with Gasteiger partial charge in [0.05, 0.1) is 24.4 Å². The van der Waals surface area contributed by atoms with E-state index in [1.807, 2.05) is 11.8 Å². The number of hydrogen-bond donors (Lipinski definition) is 1. The Bertz CT molecular complexity index is 504. The molecule has 1 N–H and O–H groups in total. The topological polar surface area (TPSA) is 41.6 Å². The average molecular weight is 284 g/mol. The minimum atomic E-state index is -1.15. The predicted octanol–water partition coefficient (Wildman–Crippen LogP) is 1.94. The van der Waals surface area contributed by atoms with Gasteiger partial charge in [-0.25, -0.2) is 13.6 Å². The molecule has 0 spiro atoms. The third kappa shape index (κ3) is 2.60. The first kappa shape index (κ1) is 14.7. The average Bonchev–Trinajstić information content (AvgIpc) is 2.38. The van der Waals surface area contributed by atoms with Gasteiger partial charge in [0.2, 0.25) is 0 Å². The summed E-state index contributed by atoms with van der Waals surface area (Å²) in [5.41, 5.74) is -0.180. The maximum absolute atomic E-state index is 14.2. The first-order valence-corrected chi connectivity index (χ1v) is 6.63. The van der Waals surface area contributed by atoms with Gasteiger partial charge in [0.1, 0.15) is 0 Å². The Morgan fingerprint density at radius 1 is 1.40 bits per heavy atom. The van der Waals surface area contributed by atoms with Gasteiger partial charge in [-0.1, -0.05) is 6.92 Å². The van der Waals surface area contributed by atoms with Crippen LogP contribution in [-0.2, 0) is 4.74 Å². The molecular weight excluding hydrogens is 266 g/mol. The Balaban J connectivity index is 2.35. The van der Waals surface area contributed by atoms with Crippen LogP contribution in [0.25, 0.3) is 0 Å². The number of hydrogen-bond acceptors (Lipinski definition) is 4. The number of nitrogens with zero attached hydrogens (tertiary/aromatic N) is 1. The lowest BCUT2D eigenvalue weighted by atomic mass is 10.1. The fraction of sp³-hybridized carbons (Fsp3) is 0.500. The Kier molecular flexibility index (Phi) is 4.54. The summed E-state index contributed by atoms with van der Waals surface area (Å²) in [6.45, 7) is 4.12. The van der Waals surface area contributed by atoms with Gasteiger partial charge in [-0.05, 0) is 18.6 Å². The second kappa shape index (κ2) is 6.17. The molecule has 2 rings (SSSR count). The number of methoxy groups -OCH3 is 1. The summed E-state index contributed by atoms with van der Waals surface area (Å²) >= 11 is 0. The molecule has 1 fully saturated rings. The number of halogens is 2. The number of ether oxygens (including phenoxy) is 1. The van der Waals surface area contributed by atoms with Crippen LogP contribution in [0.2, 0.25) is 0 Å². The molecule has 20 heavy (non-hydrogen) atoms. The number of carbonyl (C=O) groups excluding carboxylic acids is 1. The van der Waals surface area contributed by atoms with Gasteiger partial charge in [0.15, 0.2) is 11.6 Å². The van der Waals surface area contributed by atoms with Crippen LogP contribution >= 0.6 is 0 Å². The van der Waals surface area contributed by atoms with E-state index in [-0.39, 0.29) is 17.3 Å². The lowest BCUT2D eigenvalue weighted by Gasteiger charge is -2.40. The largest absolute Gasteiger partial charge is 0.465 e. The number of nitrogens with one attached hydrogen (secondary N) is 1. The van der Waals surface area contributed by atoms with E-state index in [1.165, 1.54) is 12.1 Å². The fourth-order valence-electron chi connectivity index (χ4n) is 2.26. The summed E-state index contributed by atoms with van der Waals surface area (Å²) in [4.78, 5) is 13.2. The van der Waals surface area contributed by atoms with Crippen molar-refractivity contribution in [2.24, 2.45) is 0 Å². The zero-order chi connectivity index (χ0) is 14.7. The van der Waals surface area contributed by atoms with Crippen molar-refractivity contribution in [2.75, 3.05) is 31.6 Å². The van der Waals surface area contributed by atoms with Crippen molar-refractivity contribution >= 4 is 11.7 Å². The van der Waals surface area contributed by atoms with Crippen molar-refractivity contribution in [2.45, 2.75) is 19.4 Å². The minimum Gasteiger partial charge on any atom is -0.465 e. The van der Waals surface area contributed by atoms with Crippen molar-refractivity contribution in [3.63, 3.8) is 0 Å². The van der Waals surface area contributed by atoms with Gasteiger partial charge in [-0.3, -0.25) is 0 Å². The summed E-state index contributed by atoms with van der Waals surface area (Å²) in [6, 6.07) is 2.88. The molecule has 4 nitrogen and oxygen atoms in total. The van der Waals surface area contributed by atoms with E-state index in [9.17, 15) is 13.6 Å². The van der Waals surface area contributed by atoms with E-state index in [1.54, 1.807) is 0 Å². The van der Waals surface area contributed by atoms with Crippen molar-refractivity contribution in [1.29, 1.82) is 0 Å². The highest BCUT2D eigenvalue weighted by molar-refractivity contribution is 5.90. The summed E-state index contributed by atoms with van der Waals surface area (Å²) in [7, 11) is 1.14. The Labute approximate surface area is 116 Å². The Morgan fingerprint density at radius 2 is 2.10 bits per heavy atom. The van der Waals surface area contributed by atoms with Crippen LogP contribution in [-0.4, -0.2) is 38.8 Å². The third-order valence-electron chi connectivity index (χ3n) is 3.44. The molecule has 1 saturated heterocycles. The molecule has 0 aromatic heterocycles. The molecule has 0 unspecified atom stereocenters. The molecule has 0 amide bonds. The third-order valence-corrected chi connectivity index (χ3v) is 3.44. The van der Waals surface area contributed by atoms with Gasteiger partial charge in [-0.15, -0.1) is 0 Å². The van der Waals surface area contributed by atoms with Crippen molar-refractivity contribution in [3.05, 3.63) is 29.3 Å². The highest BCUT2D eigenvalue weighted by Crippen LogP contribution is 2.27. The molecule has 1 heterocycles.